The second kappa shape index (κ2) is 9.93. The minimum atomic E-state index is -0.655. The molecule has 3 aromatic rings. The monoisotopic (exact) mass is 511 g/mol. The van der Waals surface area contributed by atoms with Crippen molar-refractivity contribution in [2.24, 2.45) is 0 Å². The highest BCUT2D eigenvalue weighted by Crippen LogP contribution is 2.44. The summed E-state index contributed by atoms with van der Waals surface area (Å²) < 4.78 is 18.3. The third-order valence-corrected chi connectivity index (χ3v) is 7.68. The Morgan fingerprint density at radius 2 is 1.61 bits per heavy atom. The second-order valence-electron chi connectivity index (χ2n) is 11.0. The number of nitrogens with two attached hydrogens (primary N) is 1. The number of fused-ring (bicyclic) bond motifs is 3. The van der Waals surface area contributed by atoms with Crippen LogP contribution in [0.25, 0.3) is 17.2 Å². The zero-order valence-electron chi connectivity index (χ0n) is 22.6. The van der Waals surface area contributed by atoms with Crippen molar-refractivity contribution in [3.8, 4) is 11.1 Å². The van der Waals surface area contributed by atoms with Crippen molar-refractivity contribution in [2.75, 3.05) is 18.9 Å². The summed E-state index contributed by atoms with van der Waals surface area (Å²) in [7, 11) is -0.655. The van der Waals surface area contributed by atoms with Crippen molar-refractivity contribution in [1.82, 2.24) is 10.3 Å². The van der Waals surface area contributed by atoms with Gasteiger partial charge in [0.1, 0.15) is 12.4 Å². The maximum Gasteiger partial charge on any atom is 0.492 e. The lowest BCUT2D eigenvalue weighted by Crippen LogP contribution is -2.41. The molecule has 1 fully saturated rings. The number of aryl methyl sites for hydroxylation is 1. The highest BCUT2D eigenvalue weighted by Gasteiger charge is 2.52. The molecule has 0 atom stereocenters. The van der Waals surface area contributed by atoms with Crippen LogP contribution >= 0.6 is 0 Å². The number of anilines is 1. The second-order valence-corrected chi connectivity index (χ2v) is 11.0. The fourth-order valence-electron chi connectivity index (χ4n) is 5.01. The molecule has 0 unspecified atom stereocenters. The molecule has 2 aliphatic rings. The number of rotatable bonds is 6. The average Bonchev–Trinajstić information content (AvgIpc) is 3.29. The van der Waals surface area contributed by atoms with E-state index in [0.717, 1.165) is 11.0 Å². The van der Waals surface area contributed by atoms with Crippen molar-refractivity contribution < 1.29 is 18.8 Å². The van der Waals surface area contributed by atoms with E-state index >= 15 is 0 Å². The normalized spacial score (nSPS) is 17.7. The molecule has 8 heteroatoms. The molecule has 1 aliphatic heterocycles. The molecule has 5 rings (SSSR count). The van der Waals surface area contributed by atoms with E-state index in [-0.39, 0.29) is 19.1 Å². The minimum Gasteiger partial charge on any atom is -0.449 e. The summed E-state index contributed by atoms with van der Waals surface area (Å²) in [4.78, 5) is 17.3. The number of aromatic nitrogens is 1. The Bertz CT molecular complexity index is 1320. The molecule has 3 N–H and O–H groups in total. The van der Waals surface area contributed by atoms with Crippen LogP contribution in [0.4, 0.5) is 10.6 Å². The van der Waals surface area contributed by atoms with Gasteiger partial charge in [-0.3, -0.25) is 0 Å². The lowest BCUT2D eigenvalue weighted by atomic mass is 9.77. The van der Waals surface area contributed by atoms with Crippen LogP contribution in [-0.4, -0.2) is 42.5 Å². The number of ether oxygens (including phenoxy) is 1. The number of nitrogens with one attached hydrogen (secondary N) is 1. The number of pyridine rings is 1. The predicted octanol–water partition coefficient (Wildman–Crippen LogP) is 5.53. The summed E-state index contributed by atoms with van der Waals surface area (Å²) in [5, 5.41) is 2.89. The Morgan fingerprint density at radius 1 is 1.03 bits per heavy atom. The number of hydrogen-bond donors (Lipinski definition) is 2. The van der Waals surface area contributed by atoms with Crippen molar-refractivity contribution in [1.29, 1.82) is 0 Å². The first-order valence-electron chi connectivity index (χ1n) is 12.9. The fraction of sp³-hybridized carbons (Fsp3) is 0.333. The SMILES string of the molecule is Cc1cc(N)nc(C=C(CNC(=O)OCC2c3ccccc3-c3ccccc32)B2OC(C)(C)C(C)(C)O2)c1. The lowest BCUT2D eigenvalue weighted by molar-refractivity contribution is 0.00578. The third kappa shape index (κ3) is 5.06. The quantitative estimate of drug-likeness (QED) is 0.423. The van der Waals surface area contributed by atoms with Gasteiger partial charge in [0.2, 0.25) is 0 Å². The number of amides is 1. The molecule has 2 aromatic carbocycles. The highest BCUT2D eigenvalue weighted by molar-refractivity contribution is 6.56. The largest absolute Gasteiger partial charge is 0.492 e. The van der Waals surface area contributed by atoms with Crippen LogP contribution in [0.15, 0.2) is 66.1 Å². The maximum atomic E-state index is 12.9. The van der Waals surface area contributed by atoms with E-state index in [4.69, 9.17) is 19.8 Å². The van der Waals surface area contributed by atoms with Crippen LogP contribution in [0.5, 0.6) is 0 Å². The average molecular weight is 511 g/mol. The van der Waals surface area contributed by atoms with Gasteiger partial charge in [0.25, 0.3) is 0 Å². The molecule has 2 heterocycles. The minimum absolute atomic E-state index is 0.00858. The van der Waals surface area contributed by atoms with Gasteiger partial charge in [0.05, 0.1) is 16.9 Å². The van der Waals surface area contributed by atoms with Gasteiger partial charge in [-0.2, -0.15) is 0 Å². The summed E-state index contributed by atoms with van der Waals surface area (Å²) in [5.41, 5.74) is 12.0. The van der Waals surface area contributed by atoms with E-state index in [0.29, 0.717) is 11.5 Å². The zero-order valence-corrected chi connectivity index (χ0v) is 22.6. The topological polar surface area (TPSA) is 95.7 Å². The van der Waals surface area contributed by atoms with E-state index < -0.39 is 24.4 Å². The Labute approximate surface area is 224 Å². The molecule has 0 saturated carbocycles. The number of hydrogen-bond acceptors (Lipinski definition) is 6. The lowest BCUT2D eigenvalue weighted by Gasteiger charge is -2.32. The van der Waals surface area contributed by atoms with Crippen LogP contribution < -0.4 is 11.1 Å². The highest BCUT2D eigenvalue weighted by atomic mass is 16.7. The standard InChI is InChI=1S/C30H34BN3O4/c1-19-14-21(34-27(32)15-19)16-20(31-37-29(2,3)30(4,5)38-31)17-33-28(35)36-18-26-24-12-8-6-10-22(24)23-11-7-9-13-25(23)26/h6-16,26H,17-18H2,1-5H3,(H2,32,34)(H,33,35). The first-order chi connectivity index (χ1) is 18.0. The number of alkyl carbamates (subject to hydrolysis) is 1. The van der Waals surface area contributed by atoms with Gasteiger partial charge >= 0.3 is 13.2 Å². The van der Waals surface area contributed by atoms with E-state index in [1.165, 1.54) is 22.3 Å². The Balaban J connectivity index is 1.31. The molecule has 0 spiro atoms. The summed E-state index contributed by atoms with van der Waals surface area (Å²) in [6, 6.07) is 20.3. The number of nitrogen functional groups attached to an aromatic ring is 1. The summed E-state index contributed by atoms with van der Waals surface area (Å²) in [6.45, 7) is 10.3. The smallest absolute Gasteiger partial charge is 0.449 e. The van der Waals surface area contributed by atoms with Crippen LogP contribution in [-0.2, 0) is 14.0 Å². The Kier molecular flexibility index (Phi) is 6.80. The predicted molar refractivity (Wildman–Crippen MR) is 151 cm³/mol. The first kappa shape index (κ1) is 26.0. The molecule has 1 amide bonds. The van der Waals surface area contributed by atoms with Crippen molar-refractivity contribution in [3.05, 3.63) is 88.5 Å². The molecule has 1 aliphatic carbocycles. The molecule has 196 valence electrons. The van der Waals surface area contributed by atoms with Gasteiger partial charge in [-0.15, -0.1) is 0 Å². The van der Waals surface area contributed by atoms with Crippen molar-refractivity contribution in [2.45, 2.75) is 51.7 Å². The van der Waals surface area contributed by atoms with Gasteiger partial charge in [0, 0.05) is 12.5 Å². The van der Waals surface area contributed by atoms with Crippen LogP contribution in [0.1, 0.15) is 56.0 Å². The molecule has 0 bridgehead atoms. The van der Waals surface area contributed by atoms with Crippen molar-refractivity contribution >= 4 is 25.1 Å². The van der Waals surface area contributed by atoms with Crippen LogP contribution in [0, 0.1) is 6.92 Å². The molecular weight excluding hydrogens is 477 g/mol. The van der Waals surface area contributed by atoms with E-state index in [9.17, 15) is 4.79 Å². The number of nitrogens with zero attached hydrogens (tertiary/aromatic N) is 1. The van der Waals surface area contributed by atoms with Gasteiger partial charge in [-0.05, 0) is 86.1 Å². The number of carbonyl (C=O) groups is 1. The summed E-state index contributed by atoms with van der Waals surface area (Å²) >= 11 is 0. The molecule has 7 nitrogen and oxygen atoms in total. The summed E-state index contributed by atoms with van der Waals surface area (Å²) in [6.07, 6.45) is 1.35. The molecule has 0 radical (unpaired) electrons. The molecule has 38 heavy (non-hydrogen) atoms. The Morgan fingerprint density at radius 3 is 2.18 bits per heavy atom. The van der Waals surface area contributed by atoms with E-state index in [1.807, 2.05) is 71.0 Å². The number of carbonyl (C=O) groups excluding carboxylic acids is 1. The van der Waals surface area contributed by atoms with Crippen LogP contribution in [0.3, 0.4) is 0 Å². The van der Waals surface area contributed by atoms with Gasteiger partial charge in [0.15, 0.2) is 0 Å². The number of benzene rings is 2. The molecular formula is C30H34BN3O4. The fourth-order valence-corrected chi connectivity index (χ4v) is 5.01. The van der Waals surface area contributed by atoms with Gasteiger partial charge < -0.3 is 25.1 Å². The zero-order chi connectivity index (χ0) is 27.1. The van der Waals surface area contributed by atoms with Gasteiger partial charge in [-0.1, -0.05) is 48.5 Å². The van der Waals surface area contributed by atoms with E-state index in [2.05, 4.69) is 34.6 Å². The summed E-state index contributed by atoms with van der Waals surface area (Å²) in [5.74, 6) is 0.416. The van der Waals surface area contributed by atoms with Crippen molar-refractivity contribution in [3.63, 3.8) is 0 Å². The van der Waals surface area contributed by atoms with Crippen LogP contribution in [0.2, 0.25) is 0 Å². The molecule has 1 saturated heterocycles. The first-order valence-corrected chi connectivity index (χ1v) is 12.9. The molecule has 1 aromatic heterocycles. The van der Waals surface area contributed by atoms with E-state index in [1.54, 1.807) is 6.07 Å². The Hall–Kier alpha value is -3.62. The maximum absolute atomic E-state index is 12.9. The van der Waals surface area contributed by atoms with Gasteiger partial charge in [-0.25, -0.2) is 9.78 Å². The third-order valence-electron chi connectivity index (χ3n) is 7.68.